The van der Waals surface area contributed by atoms with Crippen LogP contribution in [0.25, 0.3) is 10.9 Å². The molecule has 2 heteroatoms. The third-order valence-electron chi connectivity index (χ3n) is 5.36. The largest absolute Gasteiger partial charge is 0.310 e. The number of benzene rings is 1. The number of hydrogen-bond donors (Lipinski definition) is 1. The van der Waals surface area contributed by atoms with Crippen molar-refractivity contribution in [2.24, 2.45) is 17.8 Å². The van der Waals surface area contributed by atoms with Gasteiger partial charge in [0.2, 0.25) is 0 Å². The van der Waals surface area contributed by atoms with Crippen molar-refractivity contribution in [1.29, 1.82) is 0 Å². The van der Waals surface area contributed by atoms with Crippen molar-refractivity contribution in [3.63, 3.8) is 0 Å². The van der Waals surface area contributed by atoms with E-state index in [4.69, 9.17) is 0 Å². The lowest BCUT2D eigenvalue weighted by Gasteiger charge is -2.27. The van der Waals surface area contributed by atoms with Gasteiger partial charge in [0.25, 0.3) is 0 Å². The maximum absolute atomic E-state index is 4.67. The fourth-order valence-corrected chi connectivity index (χ4v) is 4.24. The highest BCUT2D eigenvalue weighted by Gasteiger charge is 2.48. The molecule has 1 N–H and O–H groups in total. The van der Waals surface area contributed by atoms with Crippen molar-refractivity contribution in [1.82, 2.24) is 10.3 Å². The molecule has 0 saturated heterocycles. The molecule has 0 aliphatic heterocycles. The van der Waals surface area contributed by atoms with Gasteiger partial charge in [-0.3, -0.25) is 4.98 Å². The van der Waals surface area contributed by atoms with E-state index in [1.165, 1.54) is 42.1 Å². The molecule has 2 aliphatic rings. The van der Waals surface area contributed by atoms with Crippen LogP contribution in [0.3, 0.4) is 0 Å². The smallest absolute Gasteiger partial charge is 0.0749 e. The lowest BCUT2D eigenvalue weighted by Crippen LogP contribution is -2.28. The van der Waals surface area contributed by atoms with Crippen molar-refractivity contribution >= 4 is 10.9 Å². The van der Waals surface area contributed by atoms with Gasteiger partial charge in [-0.25, -0.2) is 0 Å². The van der Waals surface area contributed by atoms with E-state index in [1.54, 1.807) is 0 Å². The third kappa shape index (κ3) is 2.46. The van der Waals surface area contributed by atoms with Gasteiger partial charge in [-0.1, -0.05) is 31.2 Å². The van der Waals surface area contributed by atoms with E-state index in [-0.39, 0.29) is 0 Å². The van der Waals surface area contributed by atoms with Crippen molar-refractivity contribution in [3.8, 4) is 0 Å². The van der Waals surface area contributed by atoms with E-state index >= 15 is 0 Å². The van der Waals surface area contributed by atoms with E-state index in [0.717, 1.165) is 24.3 Å². The van der Waals surface area contributed by atoms with Gasteiger partial charge in [0, 0.05) is 17.6 Å². The lowest BCUT2D eigenvalue weighted by atomic mass is 9.88. The molecule has 1 aromatic carbocycles. The lowest BCUT2D eigenvalue weighted by molar-refractivity contribution is 0.343. The van der Waals surface area contributed by atoms with Crippen LogP contribution in [0.5, 0.6) is 0 Å². The average Bonchev–Trinajstić information content (AvgIpc) is 3.14. The van der Waals surface area contributed by atoms with Crippen LogP contribution in [0.15, 0.2) is 36.5 Å². The zero-order valence-corrected chi connectivity index (χ0v) is 12.8. The zero-order chi connectivity index (χ0) is 14.2. The van der Waals surface area contributed by atoms with Crippen molar-refractivity contribution in [3.05, 3.63) is 42.1 Å². The molecule has 0 radical (unpaired) electrons. The first-order valence-electron chi connectivity index (χ1n) is 8.44. The molecule has 0 bridgehead atoms. The van der Waals surface area contributed by atoms with Crippen LogP contribution < -0.4 is 5.32 Å². The van der Waals surface area contributed by atoms with Crippen LogP contribution in [0, 0.1) is 17.8 Å². The highest BCUT2D eigenvalue weighted by atomic mass is 14.9. The van der Waals surface area contributed by atoms with Crippen LogP contribution in [-0.4, -0.2) is 11.5 Å². The third-order valence-corrected chi connectivity index (χ3v) is 5.36. The molecule has 1 aromatic heterocycles. The van der Waals surface area contributed by atoms with Gasteiger partial charge in [0.1, 0.15) is 0 Å². The van der Waals surface area contributed by atoms with Crippen LogP contribution >= 0.6 is 0 Å². The number of aromatic nitrogens is 1. The number of nitrogens with zero attached hydrogens (tertiary/aromatic N) is 1. The summed E-state index contributed by atoms with van der Waals surface area (Å²) in [5.74, 6) is 2.86. The number of fused-ring (bicyclic) bond motifs is 2. The first-order chi connectivity index (χ1) is 10.4. The minimum atomic E-state index is 0.483. The second kappa shape index (κ2) is 5.42. The van der Waals surface area contributed by atoms with Gasteiger partial charge in [0.15, 0.2) is 0 Å². The second-order valence-corrected chi connectivity index (χ2v) is 6.84. The van der Waals surface area contributed by atoms with Gasteiger partial charge >= 0.3 is 0 Å². The van der Waals surface area contributed by atoms with E-state index in [2.05, 4.69) is 41.5 Å². The molecule has 0 amide bonds. The Kier molecular flexibility index (Phi) is 3.42. The number of hydrogen-bond acceptors (Lipinski definition) is 2. The molecule has 21 heavy (non-hydrogen) atoms. The minimum Gasteiger partial charge on any atom is -0.310 e. The van der Waals surface area contributed by atoms with E-state index < -0.39 is 0 Å². The van der Waals surface area contributed by atoms with Gasteiger partial charge in [-0.05, 0) is 61.6 Å². The fraction of sp³-hybridized carbons (Fsp3) is 0.526. The monoisotopic (exact) mass is 280 g/mol. The predicted octanol–water partition coefficient (Wildman–Crippen LogP) is 4.32. The van der Waals surface area contributed by atoms with Crippen LogP contribution in [0.4, 0.5) is 0 Å². The highest BCUT2D eigenvalue weighted by Crippen LogP contribution is 2.57. The maximum atomic E-state index is 4.67. The molecule has 2 aromatic rings. The Bertz CT molecular complexity index is 621. The normalized spacial score (nSPS) is 28.5. The topological polar surface area (TPSA) is 24.9 Å². The van der Waals surface area contributed by atoms with Crippen molar-refractivity contribution in [2.45, 2.75) is 38.6 Å². The van der Waals surface area contributed by atoms with Crippen LogP contribution in [0.1, 0.15) is 44.2 Å². The summed E-state index contributed by atoms with van der Waals surface area (Å²) in [6.07, 6.45) is 7.43. The van der Waals surface area contributed by atoms with Crippen molar-refractivity contribution < 1.29 is 0 Å². The molecule has 2 aliphatic carbocycles. The summed E-state index contributed by atoms with van der Waals surface area (Å²) in [4.78, 5) is 4.67. The number of pyridine rings is 1. The first kappa shape index (κ1) is 13.3. The SMILES string of the molecule is CCCNC(c1cccc2cccnc12)C1CC2CC2C1. The van der Waals surface area contributed by atoms with E-state index in [1.807, 2.05) is 12.3 Å². The Hall–Kier alpha value is -1.41. The number of rotatable bonds is 5. The average molecular weight is 280 g/mol. The molecular weight excluding hydrogens is 256 g/mol. The minimum absolute atomic E-state index is 0.483. The molecule has 2 nitrogen and oxygen atoms in total. The summed E-state index contributed by atoms with van der Waals surface area (Å²) in [6.45, 7) is 3.34. The van der Waals surface area contributed by atoms with E-state index in [9.17, 15) is 0 Å². The van der Waals surface area contributed by atoms with Gasteiger partial charge in [-0.2, -0.15) is 0 Å². The molecular formula is C19H24N2. The Morgan fingerprint density at radius 3 is 2.76 bits per heavy atom. The molecule has 3 atom stereocenters. The second-order valence-electron chi connectivity index (χ2n) is 6.84. The molecule has 2 saturated carbocycles. The standard InChI is InChI=1S/C19H24N2/c1-2-8-20-19(16-11-14-10-15(14)12-16)17-7-3-5-13-6-4-9-21-18(13)17/h3-7,9,14-16,19-20H,2,8,10-12H2,1H3. The summed E-state index contributed by atoms with van der Waals surface area (Å²) in [5, 5.41) is 5.09. The van der Waals surface area contributed by atoms with Gasteiger partial charge in [-0.15, -0.1) is 0 Å². The zero-order valence-electron chi connectivity index (χ0n) is 12.8. The number of nitrogens with one attached hydrogen (secondary N) is 1. The molecule has 1 heterocycles. The molecule has 2 fully saturated rings. The molecule has 4 rings (SSSR count). The van der Waals surface area contributed by atoms with Gasteiger partial charge < -0.3 is 5.32 Å². The quantitative estimate of drug-likeness (QED) is 0.882. The summed E-state index contributed by atoms with van der Waals surface area (Å²) in [5.41, 5.74) is 2.60. The Morgan fingerprint density at radius 1 is 1.14 bits per heavy atom. The fourth-order valence-electron chi connectivity index (χ4n) is 4.24. The molecule has 110 valence electrons. The molecule has 3 unspecified atom stereocenters. The van der Waals surface area contributed by atoms with Gasteiger partial charge in [0.05, 0.1) is 5.52 Å². The number of para-hydroxylation sites is 1. The molecule has 0 spiro atoms. The van der Waals surface area contributed by atoms with Crippen LogP contribution in [-0.2, 0) is 0 Å². The summed E-state index contributed by atoms with van der Waals surface area (Å²) >= 11 is 0. The summed E-state index contributed by atoms with van der Waals surface area (Å²) in [6, 6.07) is 11.3. The Labute approximate surface area is 127 Å². The van der Waals surface area contributed by atoms with Crippen molar-refractivity contribution in [2.75, 3.05) is 6.54 Å². The summed E-state index contributed by atoms with van der Waals surface area (Å²) < 4.78 is 0. The predicted molar refractivity (Wildman–Crippen MR) is 87.1 cm³/mol. The Morgan fingerprint density at radius 2 is 1.95 bits per heavy atom. The van der Waals surface area contributed by atoms with E-state index in [0.29, 0.717) is 6.04 Å². The maximum Gasteiger partial charge on any atom is 0.0749 e. The first-order valence-corrected chi connectivity index (χ1v) is 8.44. The Balaban J connectivity index is 1.70. The summed E-state index contributed by atoms with van der Waals surface area (Å²) in [7, 11) is 0. The van der Waals surface area contributed by atoms with Crippen LogP contribution in [0.2, 0.25) is 0 Å². The highest BCUT2D eigenvalue weighted by molar-refractivity contribution is 5.82.